The van der Waals surface area contributed by atoms with Crippen molar-refractivity contribution in [3.8, 4) is 11.4 Å². The van der Waals surface area contributed by atoms with Gasteiger partial charge in [-0.05, 0) is 43.3 Å². The van der Waals surface area contributed by atoms with E-state index in [0.29, 0.717) is 37.8 Å². The summed E-state index contributed by atoms with van der Waals surface area (Å²) in [5.74, 6) is 1.06. The number of rotatable bonds is 5. The molecule has 8 heteroatoms. The van der Waals surface area contributed by atoms with E-state index in [0.717, 1.165) is 35.6 Å². The minimum absolute atomic E-state index is 0.0218. The first-order chi connectivity index (χ1) is 16.5. The molecule has 1 aromatic heterocycles. The quantitative estimate of drug-likeness (QED) is 0.582. The second-order valence-electron chi connectivity index (χ2n) is 8.97. The lowest BCUT2D eigenvalue weighted by atomic mass is 10.1. The number of hydrogen-bond acceptors (Lipinski definition) is 6. The minimum atomic E-state index is -0.275. The molecule has 0 aliphatic carbocycles. The van der Waals surface area contributed by atoms with Gasteiger partial charge in [-0.1, -0.05) is 29.8 Å². The monoisotopic (exact) mass is 459 g/mol. The maximum Gasteiger partial charge on any atom is 0.228 e. The highest BCUT2D eigenvalue weighted by atomic mass is 16.5. The van der Waals surface area contributed by atoms with Gasteiger partial charge in [0.1, 0.15) is 0 Å². The van der Waals surface area contributed by atoms with E-state index < -0.39 is 0 Å². The Hall–Kier alpha value is -3.68. The van der Waals surface area contributed by atoms with Gasteiger partial charge in [-0.3, -0.25) is 9.59 Å². The molecule has 0 spiro atoms. The van der Waals surface area contributed by atoms with Gasteiger partial charge in [-0.15, -0.1) is 0 Å². The molecule has 2 aliphatic rings. The van der Waals surface area contributed by atoms with Crippen LogP contribution in [-0.4, -0.2) is 59.6 Å². The van der Waals surface area contributed by atoms with E-state index in [9.17, 15) is 9.59 Å². The Morgan fingerprint density at radius 2 is 1.68 bits per heavy atom. The van der Waals surface area contributed by atoms with Crippen LogP contribution in [0.3, 0.4) is 0 Å². The summed E-state index contributed by atoms with van der Waals surface area (Å²) in [6.45, 7) is 7.28. The topological polar surface area (TPSA) is 82.8 Å². The average molecular weight is 460 g/mol. The summed E-state index contributed by atoms with van der Waals surface area (Å²) in [5.41, 5.74) is 4.04. The molecule has 2 amide bonds. The van der Waals surface area contributed by atoms with Crippen LogP contribution in [0.5, 0.6) is 0 Å². The highest BCUT2D eigenvalue weighted by Gasteiger charge is 2.38. The molecule has 5 rings (SSSR count). The van der Waals surface area contributed by atoms with Gasteiger partial charge in [0.05, 0.1) is 5.92 Å². The normalized spacial score (nSPS) is 18.6. The van der Waals surface area contributed by atoms with Crippen LogP contribution in [-0.2, 0) is 16.0 Å². The summed E-state index contributed by atoms with van der Waals surface area (Å²) < 4.78 is 5.20. The third kappa shape index (κ3) is 4.40. The maximum absolute atomic E-state index is 13.2. The molecule has 2 fully saturated rings. The fourth-order valence-electron chi connectivity index (χ4n) is 4.63. The predicted molar refractivity (Wildman–Crippen MR) is 130 cm³/mol. The SMILES string of the molecule is CCc1nc(-c2ccc(N3CCN(C(=O)[C@H]4CC(=O)N(c5ccc(C)cc5)C4)CC3)cc2)no1. The largest absolute Gasteiger partial charge is 0.368 e. The molecule has 0 N–H and O–H groups in total. The van der Waals surface area contributed by atoms with Gasteiger partial charge in [0.15, 0.2) is 0 Å². The van der Waals surface area contributed by atoms with Crippen molar-refractivity contribution in [2.45, 2.75) is 26.7 Å². The number of amides is 2. The number of nitrogens with zero attached hydrogens (tertiary/aromatic N) is 5. The van der Waals surface area contributed by atoms with Crippen LogP contribution < -0.4 is 9.80 Å². The Balaban J connectivity index is 1.17. The molecule has 34 heavy (non-hydrogen) atoms. The number of aryl methyl sites for hydroxylation is 2. The molecule has 3 aromatic rings. The Morgan fingerprint density at radius 3 is 2.32 bits per heavy atom. The van der Waals surface area contributed by atoms with Gasteiger partial charge in [0.2, 0.25) is 23.5 Å². The third-order valence-corrected chi connectivity index (χ3v) is 6.67. The molecule has 0 saturated carbocycles. The van der Waals surface area contributed by atoms with E-state index >= 15 is 0 Å². The highest BCUT2D eigenvalue weighted by molar-refractivity contribution is 6.00. The van der Waals surface area contributed by atoms with Crippen molar-refractivity contribution in [2.75, 3.05) is 42.5 Å². The van der Waals surface area contributed by atoms with Gasteiger partial charge in [-0.25, -0.2) is 0 Å². The zero-order chi connectivity index (χ0) is 23.7. The second kappa shape index (κ2) is 9.29. The minimum Gasteiger partial charge on any atom is -0.368 e. The van der Waals surface area contributed by atoms with E-state index in [2.05, 4.69) is 27.2 Å². The molecule has 2 saturated heterocycles. The Kier molecular flexibility index (Phi) is 6.04. The molecule has 0 radical (unpaired) electrons. The van der Waals surface area contributed by atoms with Crippen molar-refractivity contribution < 1.29 is 14.1 Å². The van der Waals surface area contributed by atoms with E-state index in [1.165, 1.54) is 0 Å². The fourth-order valence-corrected chi connectivity index (χ4v) is 4.63. The summed E-state index contributed by atoms with van der Waals surface area (Å²) in [6, 6.07) is 16.0. The van der Waals surface area contributed by atoms with Crippen molar-refractivity contribution in [2.24, 2.45) is 5.92 Å². The molecule has 8 nitrogen and oxygen atoms in total. The Labute approximate surface area is 199 Å². The summed E-state index contributed by atoms with van der Waals surface area (Å²) in [7, 11) is 0. The summed E-state index contributed by atoms with van der Waals surface area (Å²) in [4.78, 5) is 36.0. The molecule has 0 unspecified atom stereocenters. The number of hydrogen-bond donors (Lipinski definition) is 0. The molecular weight excluding hydrogens is 430 g/mol. The molecule has 176 valence electrons. The third-order valence-electron chi connectivity index (χ3n) is 6.67. The molecular formula is C26H29N5O3. The van der Waals surface area contributed by atoms with Crippen molar-refractivity contribution in [1.29, 1.82) is 0 Å². The number of carbonyl (C=O) groups is 2. The molecule has 3 heterocycles. The van der Waals surface area contributed by atoms with Crippen LogP contribution in [0.15, 0.2) is 53.1 Å². The van der Waals surface area contributed by atoms with Crippen LogP contribution in [0, 0.1) is 12.8 Å². The predicted octanol–water partition coefficient (Wildman–Crippen LogP) is 3.31. The maximum atomic E-state index is 13.2. The van der Waals surface area contributed by atoms with Crippen molar-refractivity contribution in [3.63, 3.8) is 0 Å². The van der Waals surface area contributed by atoms with E-state index in [1.807, 2.05) is 55.1 Å². The smallest absolute Gasteiger partial charge is 0.228 e. The fraction of sp³-hybridized carbons (Fsp3) is 0.385. The van der Waals surface area contributed by atoms with E-state index in [4.69, 9.17) is 4.52 Å². The summed E-state index contributed by atoms with van der Waals surface area (Å²) in [5, 5.41) is 4.03. The standard InChI is InChI=1S/C26H29N5O3/c1-3-23-27-25(28-34-23)19-6-10-21(11-7-19)29-12-14-30(15-13-29)26(33)20-16-24(32)31(17-20)22-8-4-18(2)5-9-22/h4-11,20H,3,12-17H2,1-2H3/t20-/m0/s1. The Morgan fingerprint density at radius 1 is 1.00 bits per heavy atom. The molecule has 0 bridgehead atoms. The summed E-state index contributed by atoms with van der Waals surface area (Å²) >= 11 is 0. The molecule has 1 atom stereocenters. The number of carbonyl (C=O) groups excluding carboxylic acids is 2. The zero-order valence-electron chi connectivity index (χ0n) is 19.6. The van der Waals surface area contributed by atoms with Gasteiger partial charge in [0.25, 0.3) is 0 Å². The van der Waals surface area contributed by atoms with Gasteiger partial charge in [-0.2, -0.15) is 4.98 Å². The number of piperazine rings is 1. The van der Waals surface area contributed by atoms with Crippen LogP contribution in [0.1, 0.15) is 24.8 Å². The van der Waals surface area contributed by atoms with Crippen molar-refractivity contribution in [1.82, 2.24) is 15.0 Å². The number of anilines is 2. The number of benzene rings is 2. The first kappa shape index (κ1) is 22.1. The van der Waals surface area contributed by atoms with Crippen LogP contribution in [0.2, 0.25) is 0 Å². The second-order valence-corrected chi connectivity index (χ2v) is 8.97. The zero-order valence-corrected chi connectivity index (χ0v) is 19.6. The lowest BCUT2D eigenvalue weighted by Crippen LogP contribution is -2.50. The van der Waals surface area contributed by atoms with Crippen LogP contribution >= 0.6 is 0 Å². The van der Waals surface area contributed by atoms with Crippen molar-refractivity contribution in [3.05, 3.63) is 60.0 Å². The van der Waals surface area contributed by atoms with E-state index in [1.54, 1.807) is 4.90 Å². The van der Waals surface area contributed by atoms with Gasteiger partial charge < -0.3 is 19.2 Å². The van der Waals surface area contributed by atoms with E-state index in [-0.39, 0.29) is 24.2 Å². The van der Waals surface area contributed by atoms with Crippen LogP contribution in [0.25, 0.3) is 11.4 Å². The lowest BCUT2D eigenvalue weighted by molar-refractivity contribution is -0.136. The number of aromatic nitrogens is 2. The van der Waals surface area contributed by atoms with Gasteiger partial charge in [0, 0.05) is 62.5 Å². The van der Waals surface area contributed by atoms with Crippen molar-refractivity contribution >= 4 is 23.2 Å². The first-order valence-corrected chi connectivity index (χ1v) is 11.9. The summed E-state index contributed by atoms with van der Waals surface area (Å²) in [6.07, 6.45) is 0.997. The first-order valence-electron chi connectivity index (χ1n) is 11.9. The Bertz CT molecular complexity index is 1160. The highest BCUT2D eigenvalue weighted by Crippen LogP contribution is 2.28. The molecule has 2 aliphatic heterocycles. The average Bonchev–Trinajstić information content (AvgIpc) is 3.51. The van der Waals surface area contributed by atoms with Gasteiger partial charge >= 0.3 is 0 Å². The lowest BCUT2D eigenvalue weighted by Gasteiger charge is -2.37. The molecule has 2 aromatic carbocycles. The van der Waals surface area contributed by atoms with Crippen LogP contribution in [0.4, 0.5) is 11.4 Å².